The number of nitro groups is 1. The zero-order valence-electron chi connectivity index (χ0n) is 8.90. The Hall–Kier alpha value is -2.42. The number of imidazole rings is 1. The second-order valence-corrected chi connectivity index (χ2v) is 4.98. The summed E-state index contributed by atoms with van der Waals surface area (Å²) >= 11 is 0. The van der Waals surface area contributed by atoms with Crippen molar-refractivity contribution in [3.8, 4) is 0 Å². The summed E-state index contributed by atoms with van der Waals surface area (Å²) in [6, 6.07) is 4.56. The van der Waals surface area contributed by atoms with Crippen LogP contribution in [0.1, 0.15) is 0 Å². The average Bonchev–Trinajstić information content (AvgIpc) is 2.81. The van der Waals surface area contributed by atoms with Gasteiger partial charge in [-0.15, -0.1) is 0 Å². The predicted octanol–water partition coefficient (Wildman–Crippen LogP) is 1.12. The van der Waals surface area contributed by atoms with Gasteiger partial charge in [-0.3, -0.25) is 10.1 Å². The molecule has 1 aromatic heterocycles. The van der Waals surface area contributed by atoms with E-state index in [1.165, 1.54) is 12.4 Å². The van der Waals surface area contributed by atoms with Crippen molar-refractivity contribution < 1.29 is 13.3 Å². The first kappa shape index (κ1) is 12.0. The summed E-state index contributed by atoms with van der Waals surface area (Å²) in [4.78, 5) is 16.1. The number of sulfonamides is 1. The summed E-state index contributed by atoms with van der Waals surface area (Å²) in [5, 5.41) is 10.4. The van der Waals surface area contributed by atoms with Gasteiger partial charge in [-0.1, -0.05) is 0 Å². The van der Waals surface area contributed by atoms with Crippen LogP contribution in [0.5, 0.6) is 0 Å². The van der Waals surface area contributed by atoms with E-state index in [1.807, 2.05) is 0 Å². The number of nitro benzene ring substituents is 1. The molecule has 0 aliphatic heterocycles. The van der Waals surface area contributed by atoms with Crippen molar-refractivity contribution in [3.63, 3.8) is 0 Å². The molecule has 1 heterocycles. The predicted molar refractivity (Wildman–Crippen MR) is 62.5 cm³/mol. The highest BCUT2D eigenvalue weighted by Gasteiger charge is 2.16. The SMILES string of the molecule is O=[N+]([O-])c1ccc(S(=O)(=O)Nc2ncc[nH]2)cc1. The molecule has 8 nitrogen and oxygen atoms in total. The lowest BCUT2D eigenvalue weighted by molar-refractivity contribution is -0.384. The molecule has 0 saturated carbocycles. The summed E-state index contributed by atoms with van der Waals surface area (Å²) in [5.74, 6) is 0.0772. The van der Waals surface area contributed by atoms with E-state index < -0.39 is 14.9 Å². The number of nitrogens with one attached hydrogen (secondary N) is 2. The summed E-state index contributed by atoms with van der Waals surface area (Å²) in [6.07, 6.45) is 2.86. The van der Waals surface area contributed by atoms with Crippen molar-refractivity contribution in [3.05, 3.63) is 46.8 Å². The highest BCUT2D eigenvalue weighted by molar-refractivity contribution is 7.92. The van der Waals surface area contributed by atoms with Crippen LogP contribution in [-0.4, -0.2) is 23.3 Å². The number of rotatable bonds is 4. The second kappa shape index (κ2) is 4.45. The van der Waals surface area contributed by atoms with Crippen LogP contribution >= 0.6 is 0 Å². The Morgan fingerprint density at radius 1 is 1.28 bits per heavy atom. The number of nitrogens with zero attached hydrogens (tertiary/aromatic N) is 2. The molecular weight excluding hydrogens is 260 g/mol. The summed E-state index contributed by atoms with van der Waals surface area (Å²) in [7, 11) is -3.79. The van der Waals surface area contributed by atoms with Gasteiger partial charge in [-0.2, -0.15) is 0 Å². The zero-order chi connectivity index (χ0) is 13.2. The van der Waals surface area contributed by atoms with Crippen LogP contribution in [0.15, 0.2) is 41.6 Å². The maximum atomic E-state index is 11.8. The van der Waals surface area contributed by atoms with Crippen LogP contribution in [0.4, 0.5) is 11.6 Å². The van der Waals surface area contributed by atoms with Crippen LogP contribution in [0.3, 0.4) is 0 Å². The van der Waals surface area contributed by atoms with E-state index in [0.717, 1.165) is 24.3 Å². The lowest BCUT2D eigenvalue weighted by Gasteiger charge is -2.04. The number of H-pyrrole nitrogens is 1. The molecule has 9 heteroatoms. The maximum absolute atomic E-state index is 11.8. The monoisotopic (exact) mass is 268 g/mol. The molecule has 0 fully saturated rings. The molecule has 0 unspecified atom stereocenters. The molecule has 0 spiro atoms. The van der Waals surface area contributed by atoms with Crippen LogP contribution in [0, 0.1) is 10.1 Å². The van der Waals surface area contributed by atoms with Gasteiger partial charge in [0.25, 0.3) is 15.7 Å². The largest absolute Gasteiger partial charge is 0.330 e. The first-order chi connectivity index (χ1) is 8.49. The lowest BCUT2D eigenvalue weighted by Crippen LogP contribution is -2.13. The fraction of sp³-hybridized carbons (Fsp3) is 0. The minimum atomic E-state index is -3.79. The molecule has 18 heavy (non-hydrogen) atoms. The van der Waals surface area contributed by atoms with Gasteiger partial charge in [-0.25, -0.2) is 18.1 Å². The molecule has 0 radical (unpaired) electrons. The summed E-state index contributed by atoms with van der Waals surface area (Å²) in [5.41, 5.74) is -0.174. The Morgan fingerprint density at radius 3 is 2.44 bits per heavy atom. The van der Waals surface area contributed by atoms with E-state index >= 15 is 0 Å². The topological polar surface area (TPSA) is 118 Å². The molecule has 0 amide bonds. The third-order valence-electron chi connectivity index (χ3n) is 2.09. The fourth-order valence-corrected chi connectivity index (χ4v) is 2.23. The second-order valence-electron chi connectivity index (χ2n) is 3.29. The summed E-state index contributed by atoms with van der Waals surface area (Å²) in [6.45, 7) is 0. The molecule has 0 saturated heterocycles. The molecule has 2 aromatic rings. The van der Waals surface area contributed by atoms with Gasteiger partial charge < -0.3 is 4.98 Å². The van der Waals surface area contributed by atoms with E-state index in [2.05, 4.69) is 14.7 Å². The zero-order valence-corrected chi connectivity index (χ0v) is 9.72. The van der Waals surface area contributed by atoms with Crippen LogP contribution < -0.4 is 4.72 Å². The van der Waals surface area contributed by atoms with Gasteiger partial charge in [0, 0.05) is 24.5 Å². The van der Waals surface area contributed by atoms with Crippen LogP contribution in [0.25, 0.3) is 0 Å². The Labute approximate surface area is 102 Å². The lowest BCUT2D eigenvalue weighted by atomic mass is 10.3. The highest BCUT2D eigenvalue weighted by Crippen LogP contribution is 2.17. The molecule has 94 valence electrons. The molecule has 1 aromatic carbocycles. The van der Waals surface area contributed by atoms with Gasteiger partial charge in [0.1, 0.15) is 0 Å². The molecular formula is C9H8N4O4S. The van der Waals surface area contributed by atoms with E-state index in [4.69, 9.17) is 0 Å². The van der Waals surface area contributed by atoms with Gasteiger partial charge in [0.05, 0.1) is 9.82 Å². The van der Waals surface area contributed by atoms with E-state index in [-0.39, 0.29) is 16.5 Å². The molecule has 0 aliphatic carbocycles. The van der Waals surface area contributed by atoms with Crippen molar-refractivity contribution in [2.24, 2.45) is 0 Å². The number of aromatic nitrogens is 2. The minimum Gasteiger partial charge on any atom is -0.330 e. The molecule has 2 rings (SSSR count). The van der Waals surface area contributed by atoms with Gasteiger partial charge in [0.2, 0.25) is 5.95 Å². The Bertz CT molecular complexity index is 648. The van der Waals surface area contributed by atoms with Gasteiger partial charge in [-0.05, 0) is 12.1 Å². The number of aromatic amines is 1. The molecule has 0 bridgehead atoms. The van der Waals surface area contributed by atoms with Gasteiger partial charge in [0.15, 0.2) is 0 Å². The molecule has 0 atom stereocenters. The number of hydrogen-bond acceptors (Lipinski definition) is 5. The third kappa shape index (κ3) is 2.46. The fourth-order valence-electron chi connectivity index (χ4n) is 1.25. The Kier molecular flexibility index (Phi) is 2.98. The van der Waals surface area contributed by atoms with Crippen molar-refractivity contribution in [1.29, 1.82) is 0 Å². The quantitative estimate of drug-likeness (QED) is 0.636. The van der Waals surface area contributed by atoms with Crippen molar-refractivity contribution in [2.75, 3.05) is 4.72 Å². The van der Waals surface area contributed by atoms with Crippen molar-refractivity contribution in [2.45, 2.75) is 4.90 Å². The van der Waals surface area contributed by atoms with Crippen LogP contribution in [0.2, 0.25) is 0 Å². The summed E-state index contributed by atoms with van der Waals surface area (Å²) < 4.78 is 25.9. The molecule has 0 aliphatic rings. The Balaban J connectivity index is 2.27. The molecule has 2 N–H and O–H groups in total. The third-order valence-corrected chi connectivity index (χ3v) is 3.44. The maximum Gasteiger partial charge on any atom is 0.269 e. The van der Waals surface area contributed by atoms with Gasteiger partial charge >= 0.3 is 0 Å². The number of hydrogen-bond donors (Lipinski definition) is 2. The number of non-ortho nitro benzene ring substituents is 1. The van der Waals surface area contributed by atoms with E-state index in [9.17, 15) is 18.5 Å². The Morgan fingerprint density at radius 2 is 1.94 bits per heavy atom. The normalized spacial score (nSPS) is 11.1. The van der Waals surface area contributed by atoms with Crippen molar-refractivity contribution >= 4 is 21.7 Å². The first-order valence-electron chi connectivity index (χ1n) is 4.76. The number of benzene rings is 1. The standard InChI is InChI=1S/C9H8N4O4S/c14-13(15)7-1-3-8(4-2-7)18(16,17)12-9-10-5-6-11-9/h1-6H,(H2,10,11,12). The van der Waals surface area contributed by atoms with Crippen molar-refractivity contribution in [1.82, 2.24) is 9.97 Å². The average molecular weight is 268 g/mol. The minimum absolute atomic E-state index is 0.0772. The van der Waals surface area contributed by atoms with Crippen LogP contribution in [-0.2, 0) is 10.0 Å². The highest BCUT2D eigenvalue weighted by atomic mass is 32.2. The van der Waals surface area contributed by atoms with E-state index in [0.29, 0.717) is 0 Å². The van der Waals surface area contributed by atoms with E-state index in [1.54, 1.807) is 0 Å². The first-order valence-corrected chi connectivity index (χ1v) is 6.24. The smallest absolute Gasteiger partial charge is 0.269 e. The number of anilines is 1.